The second kappa shape index (κ2) is 4.43. The van der Waals surface area contributed by atoms with Gasteiger partial charge in [-0.2, -0.15) is 0 Å². The van der Waals surface area contributed by atoms with Crippen molar-refractivity contribution < 1.29 is 4.74 Å². The Morgan fingerprint density at radius 1 is 1.18 bits per heavy atom. The normalized spacial score (nSPS) is 37.1. The summed E-state index contributed by atoms with van der Waals surface area (Å²) in [7, 11) is 0. The number of morpholine rings is 1. The molecule has 2 rings (SSSR count). The first-order valence-corrected chi connectivity index (χ1v) is 4.32. The molecule has 0 spiro atoms. The molecule has 1 N–H and O–H groups in total. The number of nitrogens with one attached hydrogen (secondary N) is 1. The highest BCUT2D eigenvalue weighted by Crippen LogP contribution is 2.22. The van der Waals surface area contributed by atoms with Crippen LogP contribution in [0.5, 0.6) is 0 Å². The first-order valence-electron chi connectivity index (χ1n) is 4.32. The predicted octanol–water partition coefficient (Wildman–Crippen LogP) is 1.50. The maximum absolute atomic E-state index is 5.62. The van der Waals surface area contributed by atoms with Gasteiger partial charge in [-0.25, -0.2) is 0 Å². The molecule has 0 amide bonds. The van der Waals surface area contributed by atoms with Crippen LogP contribution in [0.2, 0.25) is 0 Å². The van der Waals surface area contributed by atoms with Gasteiger partial charge in [0.05, 0.1) is 12.7 Å². The van der Waals surface area contributed by atoms with Gasteiger partial charge in [-0.1, -0.05) is 12.8 Å². The van der Waals surface area contributed by atoms with E-state index < -0.39 is 0 Å². The third-order valence-corrected chi connectivity index (χ3v) is 2.54. The van der Waals surface area contributed by atoms with Crippen molar-refractivity contribution in [2.45, 2.75) is 37.8 Å². The third-order valence-electron chi connectivity index (χ3n) is 2.54. The number of ether oxygens (including phenoxy) is 1. The van der Waals surface area contributed by atoms with Crippen molar-refractivity contribution in [1.82, 2.24) is 5.32 Å². The van der Waals surface area contributed by atoms with Gasteiger partial charge in [0.2, 0.25) is 0 Å². The molecule has 0 radical (unpaired) electrons. The highest BCUT2D eigenvalue weighted by Gasteiger charge is 2.27. The standard InChI is InChI=1S/C8H15NO.BrH/c1-2-4-8-7(3-1)9-5-6-10-8;/h7-9H,1-6H2;1H/t7-,8-;/m1./s1. The molecule has 1 aliphatic carbocycles. The molecule has 2 aliphatic rings. The molecule has 2 atom stereocenters. The van der Waals surface area contributed by atoms with E-state index in [2.05, 4.69) is 5.32 Å². The molecule has 11 heavy (non-hydrogen) atoms. The lowest BCUT2D eigenvalue weighted by Crippen LogP contribution is -2.49. The van der Waals surface area contributed by atoms with E-state index in [0.29, 0.717) is 12.1 Å². The summed E-state index contributed by atoms with van der Waals surface area (Å²) < 4.78 is 5.62. The quantitative estimate of drug-likeness (QED) is 0.670. The van der Waals surface area contributed by atoms with Gasteiger partial charge in [-0.3, -0.25) is 0 Å². The molecular formula is C8H16BrNO. The van der Waals surface area contributed by atoms with E-state index in [1.807, 2.05) is 0 Å². The van der Waals surface area contributed by atoms with Crippen LogP contribution in [-0.2, 0) is 4.74 Å². The van der Waals surface area contributed by atoms with Crippen molar-refractivity contribution in [3.63, 3.8) is 0 Å². The van der Waals surface area contributed by atoms with Gasteiger partial charge in [-0.15, -0.1) is 17.0 Å². The molecule has 0 bridgehead atoms. The number of halogens is 1. The van der Waals surface area contributed by atoms with Gasteiger partial charge in [0.1, 0.15) is 0 Å². The molecule has 0 aromatic heterocycles. The highest BCUT2D eigenvalue weighted by molar-refractivity contribution is 8.93. The summed E-state index contributed by atoms with van der Waals surface area (Å²) in [6.45, 7) is 1.97. The Balaban J connectivity index is 0.000000605. The van der Waals surface area contributed by atoms with Crippen LogP contribution in [0.1, 0.15) is 25.7 Å². The third kappa shape index (κ3) is 2.17. The Morgan fingerprint density at radius 3 is 2.82 bits per heavy atom. The Kier molecular flexibility index (Phi) is 3.82. The van der Waals surface area contributed by atoms with Crippen molar-refractivity contribution in [3.8, 4) is 0 Å². The lowest BCUT2D eigenvalue weighted by Gasteiger charge is -2.36. The molecule has 1 aliphatic heterocycles. The summed E-state index contributed by atoms with van der Waals surface area (Å²) >= 11 is 0. The van der Waals surface area contributed by atoms with E-state index in [4.69, 9.17) is 4.74 Å². The predicted molar refractivity (Wildman–Crippen MR) is 50.3 cm³/mol. The van der Waals surface area contributed by atoms with Crippen LogP contribution in [0.4, 0.5) is 0 Å². The molecule has 1 saturated carbocycles. The molecule has 0 aromatic rings. The first kappa shape index (κ1) is 9.49. The fourth-order valence-corrected chi connectivity index (χ4v) is 1.98. The van der Waals surface area contributed by atoms with Crippen molar-refractivity contribution in [1.29, 1.82) is 0 Å². The lowest BCUT2D eigenvalue weighted by atomic mass is 9.92. The second-order valence-corrected chi connectivity index (χ2v) is 3.25. The number of rotatable bonds is 0. The van der Waals surface area contributed by atoms with Gasteiger partial charge in [0, 0.05) is 12.6 Å². The van der Waals surface area contributed by atoms with E-state index in [1.165, 1.54) is 25.7 Å². The van der Waals surface area contributed by atoms with E-state index in [9.17, 15) is 0 Å². The van der Waals surface area contributed by atoms with Crippen LogP contribution in [0.3, 0.4) is 0 Å². The smallest absolute Gasteiger partial charge is 0.0728 e. The monoisotopic (exact) mass is 221 g/mol. The van der Waals surface area contributed by atoms with Crippen LogP contribution in [0, 0.1) is 0 Å². The molecule has 66 valence electrons. The molecule has 2 nitrogen and oxygen atoms in total. The number of hydrogen-bond acceptors (Lipinski definition) is 2. The summed E-state index contributed by atoms with van der Waals surface area (Å²) in [6.07, 6.45) is 5.89. The number of hydrogen-bond donors (Lipinski definition) is 1. The lowest BCUT2D eigenvalue weighted by molar-refractivity contribution is -0.0235. The van der Waals surface area contributed by atoms with Crippen LogP contribution in [-0.4, -0.2) is 25.3 Å². The van der Waals surface area contributed by atoms with Crippen LogP contribution < -0.4 is 5.32 Å². The Hall–Kier alpha value is 0.400. The van der Waals surface area contributed by atoms with E-state index in [-0.39, 0.29) is 17.0 Å². The average molecular weight is 222 g/mol. The van der Waals surface area contributed by atoms with Crippen LogP contribution in [0.25, 0.3) is 0 Å². The second-order valence-electron chi connectivity index (χ2n) is 3.25. The molecule has 0 unspecified atom stereocenters. The van der Waals surface area contributed by atoms with E-state index in [0.717, 1.165) is 13.2 Å². The Labute approximate surface area is 78.5 Å². The zero-order valence-corrected chi connectivity index (χ0v) is 8.43. The maximum atomic E-state index is 5.62. The maximum Gasteiger partial charge on any atom is 0.0728 e. The van der Waals surface area contributed by atoms with Crippen molar-refractivity contribution in [3.05, 3.63) is 0 Å². The zero-order valence-electron chi connectivity index (χ0n) is 6.71. The molecule has 1 heterocycles. The van der Waals surface area contributed by atoms with E-state index >= 15 is 0 Å². The highest BCUT2D eigenvalue weighted by atomic mass is 79.9. The van der Waals surface area contributed by atoms with Crippen LogP contribution in [0.15, 0.2) is 0 Å². The van der Waals surface area contributed by atoms with Crippen molar-refractivity contribution >= 4 is 17.0 Å². The summed E-state index contributed by atoms with van der Waals surface area (Å²) in [4.78, 5) is 0. The SMILES string of the molecule is Br.C1CC[C@H]2OCCN[C@@H]2C1. The van der Waals surface area contributed by atoms with Gasteiger partial charge >= 0.3 is 0 Å². The largest absolute Gasteiger partial charge is 0.375 e. The topological polar surface area (TPSA) is 21.3 Å². The van der Waals surface area contributed by atoms with Gasteiger partial charge < -0.3 is 10.1 Å². The molecule has 2 fully saturated rings. The fourth-order valence-electron chi connectivity index (χ4n) is 1.98. The van der Waals surface area contributed by atoms with Gasteiger partial charge in [0.15, 0.2) is 0 Å². The van der Waals surface area contributed by atoms with Crippen LogP contribution >= 0.6 is 17.0 Å². The number of fused-ring (bicyclic) bond motifs is 1. The zero-order chi connectivity index (χ0) is 6.81. The Bertz CT molecular complexity index is 94.7. The van der Waals surface area contributed by atoms with Gasteiger partial charge in [0.25, 0.3) is 0 Å². The van der Waals surface area contributed by atoms with Crippen molar-refractivity contribution in [2.75, 3.05) is 13.2 Å². The molecular weight excluding hydrogens is 206 g/mol. The minimum Gasteiger partial charge on any atom is -0.375 e. The molecule has 0 aromatic carbocycles. The minimum absolute atomic E-state index is 0. The summed E-state index contributed by atoms with van der Waals surface area (Å²) in [5, 5.41) is 3.50. The summed E-state index contributed by atoms with van der Waals surface area (Å²) in [5.74, 6) is 0. The molecule has 1 saturated heterocycles. The molecule has 3 heteroatoms. The fraction of sp³-hybridized carbons (Fsp3) is 1.00. The minimum atomic E-state index is 0. The summed E-state index contributed by atoms with van der Waals surface area (Å²) in [6, 6.07) is 0.683. The average Bonchev–Trinajstić information content (AvgIpc) is 2.05. The van der Waals surface area contributed by atoms with Gasteiger partial charge in [-0.05, 0) is 12.8 Å². The Morgan fingerprint density at radius 2 is 2.00 bits per heavy atom. The van der Waals surface area contributed by atoms with E-state index in [1.54, 1.807) is 0 Å². The van der Waals surface area contributed by atoms with Crippen molar-refractivity contribution in [2.24, 2.45) is 0 Å². The summed E-state index contributed by atoms with van der Waals surface area (Å²) in [5.41, 5.74) is 0. The first-order chi connectivity index (χ1) is 4.97.